The van der Waals surface area contributed by atoms with Gasteiger partial charge >= 0.3 is 0 Å². The van der Waals surface area contributed by atoms with Crippen LogP contribution in [-0.2, 0) is 28.2 Å². The quantitative estimate of drug-likeness (QED) is 0.0762. The molecule has 0 saturated heterocycles. The second-order valence-corrected chi connectivity index (χ2v) is 64.7. The van der Waals surface area contributed by atoms with Crippen LogP contribution in [0, 0.1) is 48.5 Å². The van der Waals surface area contributed by atoms with Crippen LogP contribution in [0.2, 0.25) is 78.6 Å². The molecule has 0 unspecified atom stereocenters. The summed E-state index contributed by atoms with van der Waals surface area (Å²) in [6, 6.07) is 60.0. The van der Waals surface area contributed by atoms with E-state index in [4.69, 9.17) is 2.74 Å². The van der Waals surface area contributed by atoms with E-state index in [1.165, 1.54) is 328 Å². The molecule has 0 spiro atoms. The topological polar surface area (TPSA) is 15.5 Å². The minimum atomic E-state index is -1.42. The van der Waals surface area contributed by atoms with Crippen LogP contribution in [0.25, 0.3) is 88.1 Å². The predicted octanol–water partition coefficient (Wildman–Crippen LogP) is 30.4. The van der Waals surface area contributed by atoms with Gasteiger partial charge in [0.1, 0.15) is 30.9 Å². The van der Waals surface area contributed by atoms with Crippen LogP contribution >= 0.6 is 0 Å². The molecule has 4 aromatic heterocycles. The van der Waals surface area contributed by atoms with Crippen molar-refractivity contribution in [2.75, 3.05) is 0 Å². The van der Waals surface area contributed by atoms with Crippen molar-refractivity contribution >= 4 is 96.1 Å². The Morgan fingerprint density at radius 1 is 0.252 bits per heavy atom. The highest BCUT2D eigenvalue weighted by Gasteiger charge is 2.34. The molecule has 6 fully saturated rings. The maximum atomic E-state index is 8.86. The molecule has 0 bridgehead atoms. The van der Waals surface area contributed by atoms with E-state index in [1.54, 1.807) is 33.4 Å². The van der Waals surface area contributed by atoms with E-state index in [0.29, 0.717) is 36.0 Å². The van der Waals surface area contributed by atoms with Gasteiger partial charge in [0.05, 0.1) is 70.5 Å². The van der Waals surface area contributed by atoms with Crippen LogP contribution < -0.4 is 39.0 Å². The van der Waals surface area contributed by atoms with Crippen LogP contribution in [0.1, 0.15) is 305 Å². The van der Waals surface area contributed by atoms with E-state index >= 15 is 0 Å². The maximum Gasteiger partial charge on any atom is 0.220 e. The molecule has 0 aliphatic heterocycles. The minimum Gasteiger partial charge on any atom is -0.200 e. The SMILES string of the molecule is C.C.Cc1cc(C2CCCCC2)cc(-c2c3ccc([Si](C)(C)C)cc3cc(C)[n+]2C)c1C.Cc1ccc(C2CCCCC2)cc1-c1c2ccc([Si](C)(C)C)cc2cc(C)[n+]1C.[2H]c1cc2cc([Si](C)(C)C)ccc2c(-c2cc(C3CCCC3)cc(C3CCCC3)c2C)[n+]1C.[2H]c1cc2cc([Si](C)(C)C)ccc2c(-c2cc(C3CCCCC3)cc(C3CCCCC3)c2C)[n+]1C. The molecule has 0 radical (unpaired) electrons. The number of hydrogen-bond acceptors (Lipinski definition) is 0. The van der Waals surface area contributed by atoms with Crippen LogP contribution in [0.15, 0.2) is 164 Å². The summed E-state index contributed by atoms with van der Waals surface area (Å²) in [5, 5.41) is 16.6. The molecular weight excluding hydrogens is 1600 g/mol. The largest absolute Gasteiger partial charge is 0.220 e. The molecule has 8 heteroatoms. The first-order chi connectivity index (χ1) is 60.4. The first kappa shape index (κ1) is 93.9. The number of hydrogen-bond donors (Lipinski definition) is 0. The molecule has 4 nitrogen and oxygen atoms in total. The van der Waals surface area contributed by atoms with Crippen molar-refractivity contribution in [1.82, 2.24) is 0 Å². The third kappa shape index (κ3) is 21.4. The Morgan fingerprint density at radius 3 is 0.866 bits per heavy atom. The summed E-state index contributed by atoms with van der Waals surface area (Å²) in [4.78, 5) is 0. The fraction of sp³-hybridized carbons (Fsp3) is 0.496. The highest BCUT2D eigenvalue weighted by molar-refractivity contribution is 6.90. The van der Waals surface area contributed by atoms with Crippen LogP contribution in [0.4, 0.5) is 0 Å². The normalized spacial score (nSPS) is 17.1. The van der Waals surface area contributed by atoms with Gasteiger partial charge in [0.15, 0.2) is 23.7 Å². The lowest BCUT2D eigenvalue weighted by Gasteiger charge is -2.28. The zero-order valence-corrected chi connectivity index (χ0v) is 86.0. The number of aromatic nitrogens is 4. The second-order valence-electron chi connectivity index (χ2n) is 44.4. The Kier molecular flexibility index (Phi) is 30.0. The highest BCUT2D eigenvalue weighted by atomic mass is 28.3. The Balaban J connectivity index is 0.000000146. The molecule has 4 heterocycles. The van der Waals surface area contributed by atoms with E-state index in [1.807, 2.05) is 0 Å². The molecule has 12 aromatic rings. The zero-order chi connectivity index (χ0) is 90.5. The average molecular weight is 1770 g/mol. The summed E-state index contributed by atoms with van der Waals surface area (Å²) in [7, 11) is 3.14. The van der Waals surface area contributed by atoms with Gasteiger partial charge < -0.3 is 0 Å². The van der Waals surface area contributed by atoms with E-state index in [9.17, 15) is 0 Å². The van der Waals surface area contributed by atoms with E-state index in [2.05, 4.69) is 325 Å². The van der Waals surface area contributed by atoms with Gasteiger partial charge in [0.25, 0.3) is 0 Å². The monoisotopic (exact) mass is 1770 g/mol. The van der Waals surface area contributed by atoms with E-state index in [-0.39, 0.29) is 14.9 Å². The van der Waals surface area contributed by atoms with Crippen molar-refractivity contribution in [3.05, 3.63) is 237 Å². The predicted molar refractivity (Wildman–Crippen MR) is 567 cm³/mol. The van der Waals surface area contributed by atoms with Gasteiger partial charge in [-0.3, -0.25) is 0 Å². The maximum absolute atomic E-state index is 8.86. The van der Waals surface area contributed by atoms with E-state index < -0.39 is 32.3 Å². The molecule has 6 saturated carbocycles. The van der Waals surface area contributed by atoms with Crippen molar-refractivity contribution < 1.29 is 21.0 Å². The van der Waals surface area contributed by atoms with Crippen molar-refractivity contribution in [2.24, 2.45) is 28.2 Å². The minimum absolute atomic E-state index is 0. The van der Waals surface area contributed by atoms with Gasteiger partial charge in [-0.15, -0.1) is 0 Å². The zero-order valence-electron chi connectivity index (χ0n) is 84.0. The van der Waals surface area contributed by atoms with Crippen LogP contribution in [-0.4, -0.2) is 32.3 Å². The number of benzene rings is 8. The Labute approximate surface area is 778 Å². The molecule has 0 amide bonds. The Morgan fingerprint density at radius 2 is 0.528 bits per heavy atom. The van der Waals surface area contributed by atoms with Gasteiger partial charge in [-0.05, 0) is 278 Å². The van der Waals surface area contributed by atoms with Crippen molar-refractivity contribution in [2.45, 2.75) is 357 Å². The second kappa shape index (κ2) is 40.6. The molecule has 674 valence electrons. The molecule has 0 N–H and O–H groups in total. The molecule has 0 atom stereocenters. The number of rotatable bonds is 14. The molecule has 127 heavy (non-hydrogen) atoms. The Bertz CT molecular complexity index is 6050. The van der Waals surface area contributed by atoms with E-state index in [0.717, 1.165) is 11.8 Å². The van der Waals surface area contributed by atoms with Crippen molar-refractivity contribution in [1.29, 1.82) is 0 Å². The molecule has 18 rings (SSSR count). The van der Waals surface area contributed by atoms with Crippen molar-refractivity contribution in [3.8, 4) is 45.0 Å². The number of nitrogens with zero attached hydrogens (tertiary/aromatic N) is 4. The molecule has 8 aromatic carbocycles. The summed E-state index contributed by atoms with van der Waals surface area (Å²) in [6.07, 6.45) is 39.3. The van der Waals surface area contributed by atoms with Gasteiger partial charge in [-0.2, -0.15) is 9.13 Å². The third-order valence-corrected chi connectivity index (χ3v) is 39.6. The van der Waals surface area contributed by atoms with Crippen LogP contribution in [0.3, 0.4) is 0 Å². The lowest BCUT2D eigenvalue weighted by Crippen LogP contribution is -2.38. The first-order valence-electron chi connectivity index (χ1n) is 50.7. The third-order valence-electron chi connectivity index (χ3n) is 31.5. The van der Waals surface area contributed by atoms with Crippen LogP contribution in [0.5, 0.6) is 0 Å². The van der Waals surface area contributed by atoms with Crippen molar-refractivity contribution in [3.63, 3.8) is 0 Å². The smallest absolute Gasteiger partial charge is 0.200 e. The standard InChI is InChI=1S/C32H44NSi.C30H40NSi.C28H38NSi.C27H36NSi.2CH4/c1-23-30(25-14-10-7-11-15-25)21-27(24-12-8-6-9-13-24)22-31(23)32-29-17-16-28(34(3,4)5)20-26(29)18-19-33(32)2;1-21-28(23-12-8-9-13-23)19-25(22-10-6-7-11-22)20-29(21)30-27-15-14-26(32(3,4)5)18-24(27)16-17-31(30)2;1-19-15-23(22-11-9-8-10-12-22)18-27(21(19)3)28-26-14-13-25(30(5,6)7)17-24(26)16-20(2)29(28)4;1-19-12-13-22(21-10-8-7-9-11-21)18-26(19)27-25-15-14-24(29(4,5)6)17-23(25)16-20(2)28(27)3;;/h16-22,24-25H,6-15H2,1-5H3;14-20,22-23H,6-13H2,1-5H3;13-18,22H,8-12H2,1-7H3;12-18,21H,7-11H2,1-6H3;2*1H4/q4*+1;;/i19D;17D;;;;. The van der Waals surface area contributed by atoms with Gasteiger partial charge in [-0.1, -0.05) is 296 Å². The van der Waals surface area contributed by atoms with Gasteiger partial charge in [-0.25, -0.2) is 9.13 Å². The van der Waals surface area contributed by atoms with Gasteiger partial charge in [0, 0.05) is 43.7 Å². The number of aryl methyl sites for hydroxylation is 4. The highest BCUT2D eigenvalue weighted by Crippen LogP contribution is 2.48. The summed E-state index contributed by atoms with van der Waals surface area (Å²) in [5.41, 5.74) is 30.0. The molecule has 6 aliphatic rings. The summed E-state index contributed by atoms with van der Waals surface area (Å²) < 4.78 is 26.7. The average Bonchev–Trinajstić information content (AvgIpc) is 1.43. The molecular formula is C119H166N4Si4+4. The number of pyridine rings is 4. The number of fused-ring (bicyclic) bond motifs is 4. The summed E-state index contributed by atoms with van der Waals surface area (Å²) >= 11 is 0. The summed E-state index contributed by atoms with van der Waals surface area (Å²) in [6.45, 7) is 45.1. The summed E-state index contributed by atoms with van der Waals surface area (Å²) in [5.74, 6) is 4.28. The first-order valence-corrected chi connectivity index (χ1v) is 63.7. The fourth-order valence-electron chi connectivity index (χ4n) is 23.0. The lowest BCUT2D eigenvalue weighted by molar-refractivity contribution is -0.665. The molecule has 6 aliphatic carbocycles. The Hall–Kier alpha value is -7.73. The van der Waals surface area contributed by atoms with Gasteiger partial charge in [0.2, 0.25) is 22.8 Å². The lowest BCUT2D eigenvalue weighted by atomic mass is 9.76. The fourth-order valence-corrected chi connectivity index (χ4v) is 27.7.